The third-order valence-electron chi connectivity index (χ3n) is 5.26. The van der Waals surface area contributed by atoms with Crippen LogP contribution in [0.1, 0.15) is 41.4 Å². The number of hydrazine groups is 2. The van der Waals surface area contributed by atoms with E-state index in [0.717, 1.165) is 8.95 Å². The van der Waals surface area contributed by atoms with Crippen molar-refractivity contribution in [1.82, 2.24) is 21.7 Å². The van der Waals surface area contributed by atoms with Gasteiger partial charge in [0, 0.05) is 31.2 Å². The van der Waals surface area contributed by atoms with Gasteiger partial charge in [-0.2, -0.15) is 0 Å². The average molecular weight is 652 g/mol. The van der Waals surface area contributed by atoms with Crippen LogP contribution in [-0.2, 0) is 0 Å². The summed E-state index contributed by atoms with van der Waals surface area (Å²) in [5.74, 6) is -0.946. The van der Waals surface area contributed by atoms with E-state index in [4.69, 9.17) is 4.74 Å². The molecule has 0 aromatic heterocycles. The number of nitrogens with one attached hydrogen (secondary N) is 4. The van der Waals surface area contributed by atoms with Gasteiger partial charge in [0.1, 0.15) is 11.5 Å². The van der Waals surface area contributed by atoms with Crippen LogP contribution in [0.4, 0.5) is 0 Å². The predicted molar refractivity (Wildman–Crippen MR) is 151 cm³/mol. The van der Waals surface area contributed by atoms with Crippen LogP contribution >= 0.6 is 31.9 Å². The monoisotopic (exact) mass is 650 g/mol. The second-order valence-electron chi connectivity index (χ2n) is 7.98. The summed E-state index contributed by atoms with van der Waals surface area (Å²) in [5.41, 5.74) is 10.9. The van der Waals surface area contributed by atoms with Crippen molar-refractivity contribution in [3.05, 3.63) is 128 Å². The minimum Gasteiger partial charge on any atom is -0.457 e. The molecule has 0 aliphatic carbocycles. The number of halogens is 2. The highest BCUT2D eigenvalue weighted by Gasteiger charge is 2.11. The number of carbonyl (C=O) groups excluding carboxylic acids is 4. The highest BCUT2D eigenvalue weighted by Crippen LogP contribution is 2.22. The summed E-state index contributed by atoms with van der Waals surface area (Å²) in [5, 5.41) is 0. The number of benzene rings is 4. The van der Waals surface area contributed by atoms with E-state index in [1.165, 1.54) is 0 Å². The number of hydrogen-bond donors (Lipinski definition) is 4. The lowest BCUT2D eigenvalue weighted by Crippen LogP contribution is -2.41. The van der Waals surface area contributed by atoms with Gasteiger partial charge in [0.25, 0.3) is 23.6 Å². The maximum Gasteiger partial charge on any atom is 0.269 e. The molecule has 9 nitrogen and oxygen atoms in total. The molecule has 0 spiro atoms. The second kappa shape index (κ2) is 12.9. The van der Waals surface area contributed by atoms with Gasteiger partial charge in [0.2, 0.25) is 0 Å². The number of hydrogen-bond acceptors (Lipinski definition) is 5. The molecular weight excluding hydrogens is 632 g/mol. The first kappa shape index (κ1) is 27.6. The maximum atomic E-state index is 12.4. The van der Waals surface area contributed by atoms with Crippen molar-refractivity contribution in [1.29, 1.82) is 0 Å². The SMILES string of the molecule is O=C(NNC(=O)c1ccc(Oc2ccc(C(=O)NNC(=O)c3ccc(Br)cc3)cc2)cc1)c1ccc(Br)cc1. The predicted octanol–water partition coefficient (Wildman–Crippen LogP) is 5.15. The standard InChI is InChI=1S/C28H20Br2N4O5/c29-21-9-1-17(2-10-21)25(35)31-33-27(37)19-5-13-23(14-6-19)39-24-15-7-20(8-16-24)28(38)34-32-26(36)18-3-11-22(30)12-4-18/h1-16H,(H,31,35)(H,32,36)(H,33,37)(H,34,38). The Balaban J connectivity index is 1.26. The van der Waals surface area contributed by atoms with Crippen LogP contribution in [-0.4, -0.2) is 23.6 Å². The van der Waals surface area contributed by atoms with Gasteiger partial charge >= 0.3 is 0 Å². The van der Waals surface area contributed by atoms with Gasteiger partial charge in [-0.25, -0.2) is 0 Å². The third kappa shape index (κ3) is 7.76. The van der Waals surface area contributed by atoms with Crippen molar-refractivity contribution in [2.75, 3.05) is 0 Å². The molecule has 0 saturated heterocycles. The Kier molecular flexibility index (Phi) is 9.08. The fourth-order valence-electron chi connectivity index (χ4n) is 3.20. The summed E-state index contributed by atoms with van der Waals surface area (Å²) >= 11 is 6.60. The van der Waals surface area contributed by atoms with Crippen molar-refractivity contribution >= 4 is 55.5 Å². The number of carbonyl (C=O) groups is 4. The first-order chi connectivity index (χ1) is 18.8. The van der Waals surface area contributed by atoms with E-state index in [1.807, 2.05) is 0 Å². The first-order valence-electron chi connectivity index (χ1n) is 11.4. The van der Waals surface area contributed by atoms with Gasteiger partial charge < -0.3 is 4.74 Å². The Hall–Kier alpha value is -4.48. The Morgan fingerprint density at radius 3 is 0.897 bits per heavy atom. The largest absolute Gasteiger partial charge is 0.457 e. The van der Waals surface area contributed by atoms with Crippen molar-refractivity contribution in [3.8, 4) is 11.5 Å². The minimum absolute atomic E-state index is 0.315. The molecular formula is C28H20Br2N4O5. The minimum atomic E-state index is -0.491. The van der Waals surface area contributed by atoms with Gasteiger partial charge in [-0.1, -0.05) is 31.9 Å². The number of ether oxygens (including phenoxy) is 1. The molecule has 196 valence electrons. The summed E-state index contributed by atoms with van der Waals surface area (Å²) in [4.78, 5) is 49.0. The van der Waals surface area contributed by atoms with E-state index >= 15 is 0 Å². The van der Waals surface area contributed by atoms with Crippen LogP contribution in [0.5, 0.6) is 11.5 Å². The highest BCUT2D eigenvalue weighted by molar-refractivity contribution is 9.10. The van der Waals surface area contributed by atoms with Gasteiger partial charge in [-0.15, -0.1) is 0 Å². The fraction of sp³-hybridized carbons (Fsp3) is 0. The molecule has 0 aliphatic heterocycles. The molecule has 0 atom stereocenters. The zero-order chi connectivity index (χ0) is 27.8. The van der Waals surface area contributed by atoms with Crippen molar-refractivity contribution in [2.24, 2.45) is 0 Å². The third-order valence-corrected chi connectivity index (χ3v) is 6.32. The van der Waals surface area contributed by atoms with E-state index in [1.54, 1.807) is 97.1 Å². The fourth-order valence-corrected chi connectivity index (χ4v) is 3.73. The van der Waals surface area contributed by atoms with E-state index in [-0.39, 0.29) is 0 Å². The topological polar surface area (TPSA) is 126 Å². The van der Waals surface area contributed by atoms with Crippen molar-refractivity contribution < 1.29 is 23.9 Å². The molecule has 11 heteroatoms. The summed E-state index contributed by atoms with van der Waals surface area (Å²) in [6, 6.07) is 26.0. The van der Waals surface area contributed by atoms with Crippen molar-refractivity contribution in [2.45, 2.75) is 0 Å². The molecule has 0 saturated carbocycles. The summed E-state index contributed by atoms with van der Waals surface area (Å²) in [6.45, 7) is 0. The lowest BCUT2D eigenvalue weighted by molar-refractivity contribution is 0.0846. The van der Waals surface area contributed by atoms with Gasteiger partial charge in [-0.3, -0.25) is 40.9 Å². The molecule has 0 radical (unpaired) electrons. The zero-order valence-electron chi connectivity index (χ0n) is 20.0. The van der Waals surface area contributed by atoms with Crippen LogP contribution in [0, 0.1) is 0 Å². The molecule has 0 aliphatic rings. The smallest absolute Gasteiger partial charge is 0.269 e. The van der Waals surface area contributed by atoms with Gasteiger partial charge in [0.05, 0.1) is 0 Å². The van der Waals surface area contributed by atoms with Crippen molar-refractivity contribution in [3.63, 3.8) is 0 Å². The quantitative estimate of drug-likeness (QED) is 0.215. The molecule has 0 heterocycles. The molecule has 39 heavy (non-hydrogen) atoms. The van der Waals surface area contributed by atoms with Crippen LogP contribution < -0.4 is 26.4 Å². The number of amides is 4. The van der Waals surface area contributed by atoms with E-state index in [0.29, 0.717) is 33.8 Å². The van der Waals surface area contributed by atoms with E-state index < -0.39 is 23.6 Å². The molecule has 4 aromatic carbocycles. The number of rotatable bonds is 6. The Morgan fingerprint density at radius 1 is 0.410 bits per heavy atom. The van der Waals surface area contributed by atoms with Crippen LogP contribution in [0.25, 0.3) is 0 Å². The first-order valence-corrected chi connectivity index (χ1v) is 13.0. The molecule has 4 N–H and O–H groups in total. The maximum absolute atomic E-state index is 12.4. The second-order valence-corrected chi connectivity index (χ2v) is 9.81. The Labute approximate surface area is 240 Å². The molecule has 0 unspecified atom stereocenters. The normalized spacial score (nSPS) is 10.2. The summed E-state index contributed by atoms with van der Waals surface area (Å²) in [7, 11) is 0. The highest BCUT2D eigenvalue weighted by atomic mass is 79.9. The Bertz CT molecular complexity index is 1380. The van der Waals surface area contributed by atoms with Gasteiger partial charge in [0.15, 0.2) is 0 Å². The van der Waals surface area contributed by atoms with Gasteiger partial charge in [-0.05, 0) is 97.1 Å². The molecule has 4 rings (SSSR count). The summed E-state index contributed by atoms with van der Waals surface area (Å²) < 4.78 is 7.44. The molecule has 0 fully saturated rings. The zero-order valence-corrected chi connectivity index (χ0v) is 23.2. The van der Waals surface area contributed by atoms with Crippen LogP contribution in [0.2, 0.25) is 0 Å². The van der Waals surface area contributed by atoms with E-state index in [2.05, 4.69) is 53.6 Å². The molecule has 0 bridgehead atoms. The van der Waals surface area contributed by atoms with E-state index in [9.17, 15) is 19.2 Å². The molecule has 4 amide bonds. The van der Waals surface area contributed by atoms with Crippen LogP contribution in [0.15, 0.2) is 106 Å². The Morgan fingerprint density at radius 2 is 0.641 bits per heavy atom. The lowest BCUT2D eigenvalue weighted by atomic mass is 10.2. The average Bonchev–Trinajstić information content (AvgIpc) is 2.96. The molecule has 4 aromatic rings. The summed E-state index contributed by atoms with van der Waals surface area (Å²) in [6.07, 6.45) is 0. The van der Waals surface area contributed by atoms with Crippen LogP contribution in [0.3, 0.4) is 0 Å². The lowest BCUT2D eigenvalue weighted by Gasteiger charge is -2.10.